The first-order chi connectivity index (χ1) is 15.2. The molecule has 184 valence electrons. The van der Waals surface area contributed by atoms with Gasteiger partial charge in [-0.2, -0.15) is 0 Å². The van der Waals surface area contributed by atoms with Crippen molar-refractivity contribution in [3.63, 3.8) is 0 Å². The van der Waals surface area contributed by atoms with E-state index < -0.39 is 34.7 Å². The van der Waals surface area contributed by atoms with E-state index in [2.05, 4.69) is 0 Å². The number of ether oxygens (including phenoxy) is 2. The lowest BCUT2D eigenvalue weighted by Gasteiger charge is -2.30. The Balaban J connectivity index is 2.05. The Hall–Kier alpha value is -2.77. The summed E-state index contributed by atoms with van der Waals surface area (Å²) in [4.78, 5) is 40.9. The van der Waals surface area contributed by atoms with E-state index in [1.807, 2.05) is 51.1 Å². The van der Waals surface area contributed by atoms with E-state index in [1.54, 1.807) is 30.6 Å². The predicted octanol–water partition coefficient (Wildman–Crippen LogP) is 4.32. The molecule has 1 aromatic carbocycles. The molecule has 0 radical (unpaired) electrons. The van der Waals surface area contributed by atoms with Gasteiger partial charge >= 0.3 is 12.2 Å². The molecular formula is C25H39N3O5. The van der Waals surface area contributed by atoms with E-state index in [0.717, 1.165) is 5.56 Å². The van der Waals surface area contributed by atoms with Crippen LogP contribution in [-0.2, 0) is 20.8 Å². The quantitative estimate of drug-likeness (QED) is 0.652. The van der Waals surface area contributed by atoms with Crippen molar-refractivity contribution in [2.75, 3.05) is 19.6 Å². The number of amides is 3. The number of rotatable bonds is 7. The Morgan fingerprint density at radius 1 is 1.03 bits per heavy atom. The highest BCUT2D eigenvalue weighted by Gasteiger charge is 2.45. The molecule has 0 spiro atoms. The molecule has 2 N–H and O–H groups in total. The summed E-state index contributed by atoms with van der Waals surface area (Å²) in [5.41, 5.74) is 4.72. The fourth-order valence-corrected chi connectivity index (χ4v) is 3.86. The third-order valence-electron chi connectivity index (χ3n) is 5.48. The van der Waals surface area contributed by atoms with E-state index in [4.69, 9.17) is 15.2 Å². The van der Waals surface area contributed by atoms with E-state index >= 15 is 0 Å². The maximum Gasteiger partial charge on any atom is 0.410 e. The van der Waals surface area contributed by atoms with Crippen molar-refractivity contribution in [1.29, 1.82) is 0 Å². The molecule has 1 saturated heterocycles. The zero-order valence-electron chi connectivity index (χ0n) is 20.8. The highest BCUT2D eigenvalue weighted by Crippen LogP contribution is 2.36. The number of nitrogens with zero attached hydrogens (tertiary/aromatic N) is 2. The molecule has 1 heterocycles. The lowest BCUT2D eigenvalue weighted by molar-refractivity contribution is -0.127. The standard InChI is InChI=1S/C25H39N3O5/c1-23(2,3)32-21(30)27(17-19-11-8-7-9-12-19)15-10-13-25(20(26)29)14-16-28(18-25)22(31)33-24(4,5)6/h7-9,11-12H,10,13-18H2,1-6H3,(H2,26,29)/t25-/m0/s1. The van der Waals surface area contributed by atoms with Crippen LogP contribution in [0.25, 0.3) is 0 Å². The van der Waals surface area contributed by atoms with E-state index in [1.165, 1.54) is 0 Å². The summed E-state index contributed by atoms with van der Waals surface area (Å²) in [5.74, 6) is -0.430. The summed E-state index contributed by atoms with van der Waals surface area (Å²) in [5, 5.41) is 0. The van der Waals surface area contributed by atoms with E-state index in [9.17, 15) is 14.4 Å². The van der Waals surface area contributed by atoms with Gasteiger partial charge in [-0.3, -0.25) is 4.79 Å². The molecule has 0 unspecified atom stereocenters. The number of hydrogen-bond acceptors (Lipinski definition) is 5. The Bertz CT molecular complexity index is 829. The number of benzene rings is 1. The molecule has 8 nitrogen and oxygen atoms in total. The summed E-state index contributed by atoms with van der Waals surface area (Å²) in [6.07, 6.45) is 0.658. The van der Waals surface area contributed by atoms with Crippen molar-refractivity contribution < 1.29 is 23.9 Å². The fraction of sp³-hybridized carbons (Fsp3) is 0.640. The molecule has 8 heteroatoms. The van der Waals surface area contributed by atoms with Crippen molar-refractivity contribution in [2.24, 2.45) is 11.1 Å². The van der Waals surface area contributed by atoms with Gasteiger partial charge in [0.15, 0.2) is 0 Å². The molecule has 0 bridgehead atoms. The van der Waals surface area contributed by atoms with Crippen LogP contribution in [0, 0.1) is 5.41 Å². The summed E-state index contributed by atoms with van der Waals surface area (Å²) in [6, 6.07) is 9.69. The van der Waals surface area contributed by atoms with Crippen LogP contribution in [0.3, 0.4) is 0 Å². The molecule has 1 atom stereocenters. The number of nitrogens with two attached hydrogens (primary N) is 1. The second kappa shape index (κ2) is 10.4. The van der Waals surface area contributed by atoms with Crippen molar-refractivity contribution in [2.45, 2.75) is 78.6 Å². The first kappa shape index (κ1) is 26.5. The van der Waals surface area contributed by atoms with Crippen LogP contribution < -0.4 is 5.73 Å². The average Bonchev–Trinajstić information content (AvgIpc) is 3.11. The monoisotopic (exact) mass is 461 g/mol. The summed E-state index contributed by atoms with van der Waals surface area (Å²) in [7, 11) is 0. The highest BCUT2D eigenvalue weighted by molar-refractivity contribution is 5.83. The molecule has 1 aliphatic rings. The fourth-order valence-electron chi connectivity index (χ4n) is 3.86. The molecule has 33 heavy (non-hydrogen) atoms. The zero-order chi connectivity index (χ0) is 24.9. The van der Waals surface area contributed by atoms with Crippen molar-refractivity contribution in [3.8, 4) is 0 Å². The molecule has 1 aliphatic heterocycles. The van der Waals surface area contributed by atoms with Gasteiger partial charge in [-0.15, -0.1) is 0 Å². The van der Waals surface area contributed by atoms with Gasteiger partial charge in [-0.1, -0.05) is 30.3 Å². The van der Waals surface area contributed by atoms with Gasteiger partial charge in [-0.25, -0.2) is 9.59 Å². The minimum atomic E-state index is -0.830. The maximum absolute atomic E-state index is 12.8. The third kappa shape index (κ3) is 8.26. The van der Waals surface area contributed by atoms with Gasteiger partial charge in [0.25, 0.3) is 0 Å². The minimum Gasteiger partial charge on any atom is -0.444 e. The van der Waals surface area contributed by atoms with Gasteiger partial charge < -0.3 is 25.0 Å². The number of likely N-dealkylation sites (tertiary alicyclic amines) is 1. The topological polar surface area (TPSA) is 102 Å². The van der Waals surface area contributed by atoms with Crippen LogP contribution in [0.5, 0.6) is 0 Å². The first-order valence-electron chi connectivity index (χ1n) is 11.5. The van der Waals surface area contributed by atoms with E-state index in [-0.39, 0.29) is 6.54 Å². The highest BCUT2D eigenvalue weighted by atomic mass is 16.6. The predicted molar refractivity (Wildman–Crippen MR) is 126 cm³/mol. The lowest BCUT2D eigenvalue weighted by Crippen LogP contribution is -2.43. The molecule has 3 amide bonds. The SMILES string of the molecule is CC(C)(C)OC(=O)N(CCC[C@]1(C(N)=O)CCN(C(=O)OC(C)(C)C)C1)Cc1ccccc1. The number of primary amides is 1. The largest absolute Gasteiger partial charge is 0.444 e. The Morgan fingerprint density at radius 3 is 2.18 bits per heavy atom. The van der Waals surface area contributed by atoms with Gasteiger partial charge in [0.05, 0.1) is 5.41 Å². The summed E-state index contributed by atoms with van der Waals surface area (Å²) in [6.45, 7) is 12.4. The van der Waals surface area contributed by atoms with Crippen LogP contribution >= 0.6 is 0 Å². The molecule has 0 aliphatic carbocycles. The van der Waals surface area contributed by atoms with Gasteiger partial charge in [0, 0.05) is 26.2 Å². The molecular weight excluding hydrogens is 422 g/mol. The van der Waals surface area contributed by atoms with E-state index in [0.29, 0.717) is 38.9 Å². The molecule has 1 fully saturated rings. The Morgan fingerprint density at radius 2 is 1.64 bits per heavy atom. The second-order valence-electron chi connectivity index (χ2n) is 10.8. The summed E-state index contributed by atoms with van der Waals surface area (Å²) < 4.78 is 11.0. The number of carbonyl (C=O) groups excluding carboxylic acids is 3. The molecule has 0 aromatic heterocycles. The zero-order valence-corrected chi connectivity index (χ0v) is 20.8. The normalized spacial score (nSPS) is 18.7. The van der Waals surface area contributed by atoms with Crippen LogP contribution in [0.15, 0.2) is 30.3 Å². The van der Waals surface area contributed by atoms with Crippen LogP contribution in [0.2, 0.25) is 0 Å². The second-order valence-corrected chi connectivity index (χ2v) is 10.8. The molecule has 0 saturated carbocycles. The Labute approximate surface area is 197 Å². The summed E-state index contributed by atoms with van der Waals surface area (Å²) >= 11 is 0. The number of hydrogen-bond donors (Lipinski definition) is 1. The molecule has 1 aromatic rings. The van der Waals surface area contributed by atoms with Crippen LogP contribution in [0.1, 0.15) is 66.4 Å². The molecule has 2 rings (SSSR count). The minimum absolute atomic E-state index is 0.225. The lowest BCUT2D eigenvalue weighted by atomic mass is 9.81. The first-order valence-corrected chi connectivity index (χ1v) is 11.5. The van der Waals surface area contributed by atoms with Crippen LogP contribution in [-0.4, -0.2) is 58.7 Å². The average molecular weight is 462 g/mol. The Kier molecular flexibility index (Phi) is 8.38. The van der Waals surface area contributed by atoms with Crippen molar-refractivity contribution in [3.05, 3.63) is 35.9 Å². The third-order valence-corrected chi connectivity index (χ3v) is 5.48. The van der Waals surface area contributed by atoms with Gasteiger partial charge in [0.2, 0.25) is 5.91 Å². The number of carbonyl (C=O) groups is 3. The van der Waals surface area contributed by atoms with Crippen LogP contribution in [0.4, 0.5) is 9.59 Å². The van der Waals surface area contributed by atoms with Crippen molar-refractivity contribution in [1.82, 2.24) is 9.80 Å². The van der Waals surface area contributed by atoms with Gasteiger partial charge in [0.1, 0.15) is 11.2 Å². The smallest absolute Gasteiger partial charge is 0.410 e. The maximum atomic E-state index is 12.8. The van der Waals surface area contributed by atoms with Crippen molar-refractivity contribution >= 4 is 18.1 Å². The van der Waals surface area contributed by atoms with Gasteiger partial charge in [-0.05, 0) is 66.4 Å².